The van der Waals surface area contributed by atoms with Gasteiger partial charge in [-0.15, -0.1) is 0 Å². The lowest BCUT2D eigenvalue weighted by Crippen LogP contribution is -2.36. The van der Waals surface area contributed by atoms with Crippen LogP contribution in [-0.2, 0) is 4.79 Å². The summed E-state index contributed by atoms with van der Waals surface area (Å²) in [7, 11) is 1.90. The van der Waals surface area contributed by atoms with Gasteiger partial charge in [0, 0.05) is 50.3 Å². The van der Waals surface area contributed by atoms with E-state index in [1.54, 1.807) is 23.5 Å². The number of aromatic nitrogens is 4. The molecule has 0 unspecified atom stereocenters. The molecule has 3 aromatic rings. The maximum Gasteiger partial charge on any atom is 0.246 e. The summed E-state index contributed by atoms with van der Waals surface area (Å²) in [6.07, 6.45) is 10.3. The van der Waals surface area contributed by atoms with Gasteiger partial charge in [-0.3, -0.25) is 14.8 Å². The molecule has 32 heavy (non-hydrogen) atoms. The number of pyridine rings is 2. The Morgan fingerprint density at radius 2 is 2.06 bits per heavy atom. The zero-order valence-electron chi connectivity index (χ0n) is 17.6. The van der Waals surface area contributed by atoms with E-state index in [9.17, 15) is 4.79 Å². The number of carbonyl (C=O) groups excluding carboxylic acids is 1. The lowest BCUT2D eigenvalue weighted by molar-refractivity contribution is -0.125. The van der Waals surface area contributed by atoms with Crippen molar-refractivity contribution in [1.82, 2.24) is 24.8 Å². The summed E-state index contributed by atoms with van der Waals surface area (Å²) in [5.41, 5.74) is 1.91. The van der Waals surface area contributed by atoms with Gasteiger partial charge in [0.2, 0.25) is 5.91 Å². The lowest BCUT2D eigenvalue weighted by atomic mass is 10.0. The summed E-state index contributed by atoms with van der Waals surface area (Å²) in [6.45, 7) is 4.75. The molecular formula is C23H22ClFN6O. The van der Waals surface area contributed by atoms with Crippen LogP contribution in [0.15, 0.2) is 37.6 Å². The number of likely N-dealkylation sites (tertiary alicyclic amines) is 1. The number of halogens is 2. The first-order chi connectivity index (χ1) is 15.5. The Morgan fingerprint density at radius 1 is 1.25 bits per heavy atom. The molecule has 0 spiro atoms. The molecule has 1 amide bonds. The number of amides is 1. The van der Waals surface area contributed by atoms with Crippen LogP contribution in [0.5, 0.6) is 0 Å². The minimum absolute atomic E-state index is 0.0540. The highest BCUT2D eigenvalue weighted by molar-refractivity contribution is 6.31. The van der Waals surface area contributed by atoms with Gasteiger partial charge in [0.05, 0.1) is 10.4 Å². The highest BCUT2D eigenvalue weighted by Crippen LogP contribution is 2.47. The number of fused-ring (bicyclic) bond motifs is 1. The van der Waals surface area contributed by atoms with E-state index in [1.165, 1.54) is 12.4 Å². The number of likely N-dealkylation sites (N-methyl/N-ethyl adjacent to an activating group) is 1. The fourth-order valence-corrected chi connectivity index (χ4v) is 4.74. The Hall–Kier alpha value is -3.13. The van der Waals surface area contributed by atoms with Crippen molar-refractivity contribution in [2.45, 2.75) is 31.2 Å². The van der Waals surface area contributed by atoms with Gasteiger partial charge >= 0.3 is 0 Å². The Kier molecular flexibility index (Phi) is 5.25. The Bertz CT molecular complexity index is 1230. The molecule has 1 atom stereocenters. The number of hydrogen-bond donors (Lipinski definition) is 0. The van der Waals surface area contributed by atoms with Gasteiger partial charge < -0.3 is 9.80 Å². The molecule has 0 radical (unpaired) electrons. The van der Waals surface area contributed by atoms with Crippen LogP contribution in [0.4, 0.5) is 10.2 Å². The van der Waals surface area contributed by atoms with Crippen LogP contribution in [0.2, 0.25) is 5.02 Å². The summed E-state index contributed by atoms with van der Waals surface area (Å²) >= 11 is 6.39. The summed E-state index contributed by atoms with van der Waals surface area (Å²) in [6, 6.07) is 0.0540. The molecule has 1 aliphatic heterocycles. The van der Waals surface area contributed by atoms with Gasteiger partial charge in [0.15, 0.2) is 5.82 Å². The predicted molar refractivity (Wildman–Crippen MR) is 121 cm³/mol. The molecule has 2 fully saturated rings. The number of nitrogens with zero attached hydrogens (tertiary/aromatic N) is 6. The molecule has 164 valence electrons. The first kappa shape index (κ1) is 20.8. The molecule has 7 nitrogen and oxygen atoms in total. The van der Waals surface area contributed by atoms with Crippen molar-refractivity contribution in [3.63, 3.8) is 0 Å². The van der Waals surface area contributed by atoms with Crippen LogP contribution < -0.4 is 4.90 Å². The summed E-state index contributed by atoms with van der Waals surface area (Å²) in [4.78, 5) is 32.9. The fourth-order valence-electron chi connectivity index (χ4n) is 4.43. The molecule has 5 rings (SSSR count). The minimum Gasteiger partial charge on any atom is -0.354 e. The predicted octanol–water partition coefficient (Wildman–Crippen LogP) is 3.98. The molecule has 0 aromatic carbocycles. The van der Waals surface area contributed by atoms with E-state index in [2.05, 4.69) is 26.5 Å². The third-order valence-corrected chi connectivity index (χ3v) is 6.61. The molecule has 9 heteroatoms. The first-order valence-electron chi connectivity index (χ1n) is 10.6. The van der Waals surface area contributed by atoms with Gasteiger partial charge in [0.25, 0.3) is 0 Å². The van der Waals surface area contributed by atoms with Crippen LogP contribution in [-0.4, -0.2) is 56.9 Å². The van der Waals surface area contributed by atoms with Gasteiger partial charge in [-0.1, -0.05) is 18.2 Å². The third-order valence-electron chi connectivity index (χ3n) is 6.31. The minimum atomic E-state index is -0.514. The SMILES string of the molecule is C=CC(=O)N1CC[C@@H](N(C)c2ncnc3c(F)c(-c4cncc(Cl)c4C4CC4)ncc23)C1. The molecule has 1 saturated heterocycles. The van der Waals surface area contributed by atoms with E-state index >= 15 is 4.39 Å². The van der Waals surface area contributed by atoms with Crippen LogP contribution >= 0.6 is 11.6 Å². The van der Waals surface area contributed by atoms with Crippen LogP contribution in [0.1, 0.15) is 30.7 Å². The smallest absolute Gasteiger partial charge is 0.246 e. The van der Waals surface area contributed by atoms with Crippen LogP contribution in [0.3, 0.4) is 0 Å². The summed E-state index contributed by atoms with van der Waals surface area (Å²) < 4.78 is 15.7. The first-order valence-corrected chi connectivity index (χ1v) is 10.9. The van der Waals surface area contributed by atoms with Gasteiger partial charge in [0.1, 0.15) is 23.4 Å². The number of hydrogen-bond acceptors (Lipinski definition) is 6. The molecular weight excluding hydrogens is 431 g/mol. The second-order valence-electron chi connectivity index (χ2n) is 8.28. The van der Waals surface area contributed by atoms with E-state index in [4.69, 9.17) is 11.6 Å². The van der Waals surface area contributed by atoms with E-state index in [-0.39, 0.29) is 23.2 Å². The quantitative estimate of drug-likeness (QED) is 0.545. The van der Waals surface area contributed by atoms with Gasteiger partial charge in [-0.25, -0.2) is 14.4 Å². The second kappa shape index (κ2) is 8.09. The highest BCUT2D eigenvalue weighted by Gasteiger charge is 2.32. The van der Waals surface area contributed by atoms with Crippen LogP contribution in [0.25, 0.3) is 22.2 Å². The zero-order chi connectivity index (χ0) is 22.4. The number of carbonyl (C=O) groups is 1. The topological polar surface area (TPSA) is 75.1 Å². The molecule has 2 aliphatic rings. The molecule has 1 aliphatic carbocycles. The van der Waals surface area contributed by atoms with Crippen molar-refractivity contribution in [2.75, 3.05) is 25.0 Å². The lowest BCUT2D eigenvalue weighted by Gasteiger charge is -2.26. The van der Waals surface area contributed by atoms with Gasteiger partial charge in [-0.2, -0.15) is 0 Å². The fraction of sp³-hybridized carbons (Fsp3) is 0.348. The molecule has 4 heterocycles. The molecule has 1 saturated carbocycles. The Balaban J connectivity index is 1.54. The van der Waals surface area contributed by atoms with E-state index < -0.39 is 5.82 Å². The monoisotopic (exact) mass is 452 g/mol. The maximum atomic E-state index is 15.7. The van der Waals surface area contributed by atoms with Gasteiger partial charge in [-0.05, 0) is 36.8 Å². The van der Waals surface area contributed by atoms with Crippen LogP contribution in [0, 0.1) is 5.82 Å². The number of anilines is 1. The summed E-state index contributed by atoms with van der Waals surface area (Å²) in [5, 5.41) is 1.06. The van der Waals surface area contributed by atoms with E-state index in [0.717, 1.165) is 24.8 Å². The Labute approximate surface area is 190 Å². The standard InChI is InChI=1S/C23H22ClFN6O/c1-3-18(32)31-7-6-14(11-31)30(2)23-16-9-27-21(20(25)22(16)28-12-29-23)15-8-26-10-17(24)19(15)13-4-5-13/h3,8-10,12-14H,1,4-7,11H2,2H3/t14-/m1/s1. The molecule has 0 N–H and O–H groups in total. The number of rotatable bonds is 5. The van der Waals surface area contributed by atoms with Crippen molar-refractivity contribution in [3.8, 4) is 11.3 Å². The summed E-state index contributed by atoms with van der Waals surface area (Å²) in [5.74, 6) is 0.290. The second-order valence-corrected chi connectivity index (χ2v) is 8.69. The average Bonchev–Trinajstić information content (AvgIpc) is 3.52. The normalized spacial score (nSPS) is 18.2. The zero-order valence-corrected chi connectivity index (χ0v) is 18.4. The van der Waals surface area contributed by atoms with Crippen molar-refractivity contribution < 1.29 is 9.18 Å². The largest absolute Gasteiger partial charge is 0.354 e. The average molecular weight is 453 g/mol. The third kappa shape index (κ3) is 3.48. The Morgan fingerprint density at radius 3 is 2.81 bits per heavy atom. The van der Waals surface area contributed by atoms with Crippen molar-refractivity contribution in [1.29, 1.82) is 0 Å². The van der Waals surface area contributed by atoms with Crippen molar-refractivity contribution in [3.05, 3.63) is 54.0 Å². The molecule has 0 bridgehead atoms. The maximum absolute atomic E-state index is 15.7. The van der Waals surface area contributed by atoms with E-state index in [1.807, 2.05) is 11.9 Å². The highest BCUT2D eigenvalue weighted by atomic mass is 35.5. The van der Waals surface area contributed by atoms with Crippen molar-refractivity contribution >= 4 is 34.2 Å². The van der Waals surface area contributed by atoms with Crippen molar-refractivity contribution in [2.24, 2.45) is 0 Å². The molecule has 3 aromatic heterocycles. The van der Waals surface area contributed by atoms with E-state index in [0.29, 0.717) is 40.8 Å².